The average Bonchev–Trinajstić information content (AvgIpc) is 3.21. The number of sulfonamides is 1. The highest BCUT2D eigenvalue weighted by atomic mass is 32.2. The van der Waals surface area contributed by atoms with Crippen LogP contribution in [0, 0.1) is 5.92 Å². The van der Waals surface area contributed by atoms with Crippen molar-refractivity contribution in [2.75, 3.05) is 20.2 Å². The predicted molar refractivity (Wildman–Crippen MR) is 132 cm³/mol. The molecule has 188 valence electrons. The quantitative estimate of drug-likeness (QED) is 0.650. The molecule has 1 atom stereocenters. The number of aromatic nitrogens is 2. The monoisotopic (exact) mass is 500 g/mol. The summed E-state index contributed by atoms with van der Waals surface area (Å²) in [5, 5.41) is 9.72. The standard InChI is InChI=1S/C25H32N4O5S/c1-15-22-21(23(26-15)16-6-4-3-5-7-16)25(31)28-24(27-22)19-9-8-18(14-20(19)34-2)35(32,33)29-12-10-17(30)11-13-29/h8-9,14,16-17,23,30H,3-7,10-13H2,1-2H3,(H,27,28,31). The Morgan fingerprint density at radius 1 is 1.11 bits per heavy atom. The lowest BCUT2D eigenvalue weighted by molar-refractivity contribution is 0.113. The third-order valence-electron chi connectivity index (χ3n) is 7.51. The lowest BCUT2D eigenvalue weighted by Gasteiger charge is -2.28. The number of rotatable bonds is 5. The molecular formula is C25H32N4O5S. The summed E-state index contributed by atoms with van der Waals surface area (Å²) in [4.78, 5) is 25.8. The number of nitrogens with one attached hydrogen (secondary N) is 1. The Hall–Kier alpha value is -2.56. The second-order valence-corrected chi connectivity index (χ2v) is 11.7. The minimum absolute atomic E-state index is 0.105. The number of aliphatic hydroxyl groups excluding tert-OH is 1. The van der Waals surface area contributed by atoms with Gasteiger partial charge in [0.2, 0.25) is 10.0 Å². The van der Waals surface area contributed by atoms with Gasteiger partial charge in [0.15, 0.2) is 0 Å². The van der Waals surface area contributed by atoms with Gasteiger partial charge in [-0.2, -0.15) is 4.31 Å². The summed E-state index contributed by atoms with van der Waals surface area (Å²) in [6.45, 7) is 2.43. The van der Waals surface area contributed by atoms with Crippen LogP contribution in [0.15, 0.2) is 32.9 Å². The molecule has 2 N–H and O–H groups in total. The van der Waals surface area contributed by atoms with Gasteiger partial charge >= 0.3 is 0 Å². The van der Waals surface area contributed by atoms with Crippen LogP contribution >= 0.6 is 0 Å². The largest absolute Gasteiger partial charge is 0.496 e. The van der Waals surface area contributed by atoms with E-state index in [0.717, 1.165) is 18.6 Å². The molecule has 1 aromatic carbocycles. The van der Waals surface area contributed by atoms with E-state index in [1.54, 1.807) is 6.07 Å². The Morgan fingerprint density at radius 2 is 1.83 bits per heavy atom. The molecule has 3 aliphatic rings. The van der Waals surface area contributed by atoms with Crippen LogP contribution < -0.4 is 10.3 Å². The van der Waals surface area contributed by atoms with Crippen molar-refractivity contribution in [3.8, 4) is 17.1 Å². The lowest BCUT2D eigenvalue weighted by Crippen LogP contribution is -2.39. The molecule has 1 saturated heterocycles. The molecule has 2 fully saturated rings. The summed E-state index contributed by atoms with van der Waals surface area (Å²) in [6, 6.07) is 4.45. The zero-order valence-corrected chi connectivity index (χ0v) is 21.0. The topological polar surface area (TPSA) is 125 Å². The second-order valence-electron chi connectivity index (χ2n) is 9.73. The maximum absolute atomic E-state index is 13.2. The zero-order valence-electron chi connectivity index (χ0n) is 20.2. The van der Waals surface area contributed by atoms with E-state index in [1.807, 2.05) is 6.92 Å². The molecule has 10 heteroatoms. The highest BCUT2D eigenvalue weighted by molar-refractivity contribution is 7.89. The van der Waals surface area contributed by atoms with Gasteiger partial charge in [-0.3, -0.25) is 9.79 Å². The predicted octanol–water partition coefficient (Wildman–Crippen LogP) is 3.03. The molecule has 5 rings (SSSR count). The number of aromatic amines is 1. The number of benzene rings is 1. The van der Waals surface area contributed by atoms with Crippen LogP contribution in [0.5, 0.6) is 5.75 Å². The molecule has 1 aromatic heterocycles. The Kier molecular flexibility index (Phi) is 6.54. The van der Waals surface area contributed by atoms with Gasteiger partial charge in [0.05, 0.1) is 46.7 Å². The number of piperidine rings is 1. The smallest absolute Gasteiger partial charge is 0.257 e. The molecule has 0 radical (unpaired) electrons. The Balaban J connectivity index is 1.49. The molecule has 0 amide bonds. The van der Waals surface area contributed by atoms with Crippen molar-refractivity contribution < 1.29 is 18.3 Å². The highest BCUT2D eigenvalue weighted by Gasteiger charge is 2.35. The number of aliphatic imine (C=N–C) groups is 1. The molecule has 9 nitrogen and oxygen atoms in total. The van der Waals surface area contributed by atoms with E-state index < -0.39 is 16.1 Å². The van der Waals surface area contributed by atoms with Gasteiger partial charge in [-0.1, -0.05) is 19.3 Å². The van der Waals surface area contributed by atoms with E-state index in [2.05, 4.69) is 4.98 Å². The molecule has 1 aliphatic carbocycles. The fraction of sp³-hybridized carbons (Fsp3) is 0.560. The molecule has 0 spiro atoms. The molecular weight excluding hydrogens is 468 g/mol. The molecule has 2 aliphatic heterocycles. The number of hydrogen-bond acceptors (Lipinski definition) is 7. The first-order valence-corrected chi connectivity index (χ1v) is 13.8. The maximum atomic E-state index is 13.2. The van der Waals surface area contributed by atoms with Crippen molar-refractivity contribution in [1.29, 1.82) is 0 Å². The first kappa shape index (κ1) is 24.1. The third-order valence-corrected chi connectivity index (χ3v) is 9.41. The van der Waals surface area contributed by atoms with Gasteiger partial charge in [-0.05, 0) is 50.7 Å². The second kappa shape index (κ2) is 9.48. The minimum atomic E-state index is -3.73. The molecule has 1 saturated carbocycles. The van der Waals surface area contributed by atoms with E-state index >= 15 is 0 Å². The van der Waals surface area contributed by atoms with E-state index in [0.29, 0.717) is 47.2 Å². The van der Waals surface area contributed by atoms with Crippen molar-refractivity contribution in [3.63, 3.8) is 0 Å². The van der Waals surface area contributed by atoms with E-state index in [4.69, 9.17) is 14.7 Å². The first-order valence-electron chi connectivity index (χ1n) is 12.3. The van der Waals surface area contributed by atoms with Crippen LogP contribution in [-0.4, -0.2) is 59.8 Å². The minimum Gasteiger partial charge on any atom is -0.496 e. The van der Waals surface area contributed by atoms with E-state index in [9.17, 15) is 18.3 Å². The van der Waals surface area contributed by atoms with Crippen molar-refractivity contribution in [2.45, 2.75) is 68.9 Å². The maximum Gasteiger partial charge on any atom is 0.257 e. The van der Waals surface area contributed by atoms with Crippen molar-refractivity contribution in [3.05, 3.63) is 39.8 Å². The molecule has 2 aromatic rings. The number of ether oxygens (including phenoxy) is 1. The van der Waals surface area contributed by atoms with Crippen LogP contribution in [0.25, 0.3) is 11.4 Å². The summed E-state index contributed by atoms with van der Waals surface area (Å²) in [5.41, 5.74) is 2.32. The summed E-state index contributed by atoms with van der Waals surface area (Å²) in [7, 11) is -2.27. The summed E-state index contributed by atoms with van der Waals surface area (Å²) < 4.78 is 33.2. The van der Waals surface area contributed by atoms with Gasteiger partial charge in [-0.25, -0.2) is 13.4 Å². The zero-order chi connectivity index (χ0) is 24.7. The van der Waals surface area contributed by atoms with Crippen LogP contribution in [0.2, 0.25) is 0 Å². The Bertz CT molecular complexity index is 1310. The van der Waals surface area contributed by atoms with Gasteiger partial charge in [-0.15, -0.1) is 0 Å². The number of methoxy groups -OCH3 is 1. The van der Waals surface area contributed by atoms with Crippen molar-refractivity contribution in [2.24, 2.45) is 10.9 Å². The number of H-pyrrole nitrogens is 1. The third kappa shape index (κ3) is 4.43. The fourth-order valence-electron chi connectivity index (χ4n) is 5.54. The van der Waals surface area contributed by atoms with Gasteiger partial charge in [0.25, 0.3) is 5.56 Å². The fourth-order valence-corrected chi connectivity index (χ4v) is 7.03. The number of fused-ring (bicyclic) bond motifs is 1. The number of nitrogens with zero attached hydrogens (tertiary/aromatic N) is 3. The summed E-state index contributed by atoms with van der Waals surface area (Å²) in [6.07, 6.45) is 6.07. The highest BCUT2D eigenvalue weighted by Crippen LogP contribution is 2.40. The molecule has 0 bridgehead atoms. The van der Waals surface area contributed by atoms with E-state index in [-0.39, 0.29) is 29.6 Å². The van der Waals surface area contributed by atoms with Crippen LogP contribution in [0.4, 0.5) is 0 Å². The number of hydrogen-bond donors (Lipinski definition) is 2. The molecule has 1 unspecified atom stereocenters. The Labute approximate surface area is 205 Å². The summed E-state index contributed by atoms with van der Waals surface area (Å²) >= 11 is 0. The average molecular weight is 501 g/mol. The van der Waals surface area contributed by atoms with Gasteiger partial charge in [0.1, 0.15) is 11.6 Å². The van der Waals surface area contributed by atoms with Crippen LogP contribution in [-0.2, 0) is 10.0 Å². The normalized spacial score (nSPS) is 22.1. The van der Waals surface area contributed by atoms with Crippen molar-refractivity contribution in [1.82, 2.24) is 14.3 Å². The SMILES string of the molecule is COc1cc(S(=O)(=O)N2CCC(O)CC2)ccc1-c1nc2c(c(=O)[nH]1)C(C1CCCCC1)N=C2C. The Morgan fingerprint density at radius 3 is 2.51 bits per heavy atom. The molecule has 3 heterocycles. The summed E-state index contributed by atoms with van der Waals surface area (Å²) in [5.74, 6) is 1.00. The first-order chi connectivity index (χ1) is 16.8. The van der Waals surface area contributed by atoms with Crippen molar-refractivity contribution >= 4 is 15.7 Å². The van der Waals surface area contributed by atoms with E-state index in [1.165, 1.54) is 42.8 Å². The van der Waals surface area contributed by atoms with Crippen LogP contribution in [0.3, 0.4) is 0 Å². The van der Waals surface area contributed by atoms with Crippen LogP contribution in [0.1, 0.15) is 69.2 Å². The van der Waals surface area contributed by atoms with Gasteiger partial charge in [0, 0.05) is 19.2 Å². The lowest BCUT2D eigenvalue weighted by atomic mass is 9.82. The van der Waals surface area contributed by atoms with Gasteiger partial charge < -0.3 is 14.8 Å². The number of aliphatic hydroxyl groups is 1. The molecule has 35 heavy (non-hydrogen) atoms.